The van der Waals surface area contributed by atoms with Crippen molar-refractivity contribution in [2.24, 2.45) is 0 Å². The molecule has 2 amide bonds. The van der Waals surface area contributed by atoms with Crippen LogP contribution in [0, 0.1) is 0 Å². The number of anilines is 1. The zero-order chi connectivity index (χ0) is 20.6. The predicted molar refractivity (Wildman–Crippen MR) is 110 cm³/mol. The van der Waals surface area contributed by atoms with Gasteiger partial charge in [0, 0.05) is 11.1 Å². The Kier molecular flexibility index (Phi) is 6.14. The number of halogens is 2. The van der Waals surface area contributed by atoms with Gasteiger partial charge in [0.2, 0.25) is 0 Å². The summed E-state index contributed by atoms with van der Waals surface area (Å²) in [6, 6.07) is 2.02. The first-order valence-corrected chi connectivity index (χ1v) is 11.3. The lowest BCUT2D eigenvalue weighted by molar-refractivity contribution is 0.196. The van der Waals surface area contributed by atoms with Crippen LogP contribution >= 0.6 is 23.2 Å². The van der Waals surface area contributed by atoms with E-state index >= 15 is 0 Å². The Hall–Kier alpha value is -1.48. The quantitative estimate of drug-likeness (QED) is 0.601. The summed E-state index contributed by atoms with van der Waals surface area (Å²) in [4.78, 5) is 13.9. The van der Waals surface area contributed by atoms with E-state index in [1.165, 1.54) is 12.1 Å². The number of nitrogens with one attached hydrogen (secondary N) is 2. The first-order chi connectivity index (χ1) is 13.1. The number of carbonyl (C=O) groups is 1. The number of hydrogen-bond donors (Lipinski definition) is 3. The van der Waals surface area contributed by atoms with E-state index in [0.717, 1.165) is 6.42 Å². The fraction of sp³-hybridized carbons (Fsp3) is 0.500. The predicted octanol–water partition coefficient (Wildman–Crippen LogP) is 3.32. The normalized spacial score (nSPS) is 24.6. The van der Waals surface area contributed by atoms with Gasteiger partial charge in [0.15, 0.2) is 15.6 Å². The molecule has 154 valence electrons. The number of phenols is 1. The molecule has 0 unspecified atom stereocenters. The molecule has 28 heavy (non-hydrogen) atoms. The van der Waals surface area contributed by atoms with Crippen molar-refractivity contribution in [1.82, 2.24) is 10.2 Å². The van der Waals surface area contributed by atoms with Crippen LogP contribution in [-0.4, -0.2) is 55.9 Å². The molecule has 0 saturated heterocycles. The SMILES string of the molecule is CN(C)[C@H]1C[C@H](S(=O)(=O)c2c(Cl)ccc(NC(=O)N[C@@H]3CCC=C3Cl)c2O)C1. The molecular weight excluding hydrogens is 425 g/mol. The summed E-state index contributed by atoms with van der Waals surface area (Å²) in [6.45, 7) is 0. The summed E-state index contributed by atoms with van der Waals surface area (Å²) in [5.41, 5.74) is -0.0259. The first-order valence-electron chi connectivity index (χ1n) is 8.96. The molecule has 3 rings (SSSR count). The molecule has 1 aromatic carbocycles. The second kappa shape index (κ2) is 8.10. The van der Waals surface area contributed by atoms with Gasteiger partial charge in [0.05, 0.1) is 22.0 Å². The molecule has 7 nitrogen and oxygen atoms in total. The number of benzene rings is 1. The lowest BCUT2D eigenvalue weighted by Gasteiger charge is -2.39. The number of aromatic hydroxyl groups is 1. The van der Waals surface area contributed by atoms with E-state index in [2.05, 4.69) is 10.6 Å². The highest BCUT2D eigenvalue weighted by Crippen LogP contribution is 2.43. The van der Waals surface area contributed by atoms with Crippen molar-refractivity contribution < 1.29 is 18.3 Å². The van der Waals surface area contributed by atoms with E-state index in [1.54, 1.807) is 0 Å². The zero-order valence-corrected chi connectivity index (χ0v) is 17.9. The third-order valence-electron chi connectivity index (χ3n) is 5.29. The van der Waals surface area contributed by atoms with Gasteiger partial charge in [-0.3, -0.25) is 0 Å². The van der Waals surface area contributed by atoms with Crippen LogP contribution in [-0.2, 0) is 9.84 Å². The van der Waals surface area contributed by atoms with E-state index in [-0.39, 0.29) is 27.7 Å². The highest BCUT2D eigenvalue weighted by Gasteiger charge is 2.42. The number of urea groups is 1. The minimum atomic E-state index is -3.83. The molecule has 10 heteroatoms. The van der Waals surface area contributed by atoms with Crippen molar-refractivity contribution in [2.45, 2.75) is 47.9 Å². The Morgan fingerprint density at radius 1 is 1.25 bits per heavy atom. The molecule has 1 saturated carbocycles. The van der Waals surface area contributed by atoms with Crippen LogP contribution in [0.15, 0.2) is 28.1 Å². The van der Waals surface area contributed by atoms with Gasteiger partial charge in [-0.1, -0.05) is 29.3 Å². The average Bonchev–Trinajstić information content (AvgIpc) is 2.92. The Morgan fingerprint density at radius 2 is 1.93 bits per heavy atom. The van der Waals surface area contributed by atoms with Crippen molar-refractivity contribution in [1.29, 1.82) is 0 Å². The number of carbonyl (C=O) groups excluding carboxylic acids is 1. The molecular formula is C18H23Cl2N3O4S. The Labute approximate surface area is 174 Å². The highest BCUT2D eigenvalue weighted by molar-refractivity contribution is 7.92. The lowest BCUT2D eigenvalue weighted by atomic mass is 9.91. The van der Waals surface area contributed by atoms with E-state index in [1.807, 2.05) is 25.1 Å². The first kappa shape index (κ1) is 21.2. The third-order valence-corrected chi connectivity index (χ3v) is 8.38. The smallest absolute Gasteiger partial charge is 0.319 e. The van der Waals surface area contributed by atoms with E-state index in [0.29, 0.717) is 24.3 Å². The molecule has 1 aromatic rings. The van der Waals surface area contributed by atoms with Crippen LogP contribution in [0.3, 0.4) is 0 Å². The maximum Gasteiger partial charge on any atom is 0.319 e. The third kappa shape index (κ3) is 4.10. The second-order valence-electron chi connectivity index (χ2n) is 7.35. The second-order valence-corrected chi connectivity index (χ2v) is 10.4. The van der Waals surface area contributed by atoms with Gasteiger partial charge < -0.3 is 20.6 Å². The Bertz CT molecular complexity index is 912. The number of nitrogens with zero attached hydrogens (tertiary/aromatic N) is 1. The van der Waals surface area contributed by atoms with Gasteiger partial charge in [-0.05, 0) is 51.9 Å². The van der Waals surface area contributed by atoms with Gasteiger partial charge in [0.25, 0.3) is 0 Å². The summed E-state index contributed by atoms with van der Waals surface area (Å²) in [5.74, 6) is -0.552. The van der Waals surface area contributed by atoms with Crippen molar-refractivity contribution in [3.05, 3.63) is 28.3 Å². The molecule has 0 spiro atoms. The fourth-order valence-electron chi connectivity index (χ4n) is 3.42. The highest BCUT2D eigenvalue weighted by atomic mass is 35.5. The molecule has 2 aliphatic rings. The van der Waals surface area contributed by atoms with Gasteiger partial charge in [-0.2, -0.15) is 0 Å². The Balaban J connectivity index is 1.78. The molecule has 0 heterocycles. The van der Waals surface area contributed by atoms with Crippen molar-refractivity contribution in [2.75, 3.05) is 19.4 Å². The summed E-state index contributed by atoms with van der Waals surface area (Å²) in [5, 5.41) is 15.6. The van der Waals surface area contributed by atoms with Gasteiger partial charge >= 0.3 is 6.03 Å². The van der Waals surface area contributed by atoms with E-state index in [9.17, 15) is 18.3 Å². The van der Waals surface area contributed by atoms with Crippen LogP contribution in [0.4, 0.5) is 10.5 Å². The monoisotopic (exact) mass is 447 g/mol. The van der Waals surface area contributed by atoms with Crippen LogP contribution < -0.4 is 10.6 Å². The zero-order valence-electron chi connectivity index (χ0n) is 15.6. The maximum absolute atomic E-state index is 13.0. The number of rotatable bonds is 5. The van der Waals surface area contributed by atoms with Gasteiger partial charge in [-0.25, -0.2) is 13.2 Å². The topological polar surface area (TPSA) is 98.7 Å². The lowest BCUT2D eigenvalue weighted by Crippen LogP contribution is -2.47. The van der Waals surface area contributed by atoms with Crippen LogP contribution in [0.2, 0.25) is 5.02 Å². The molecule has 0 aromatic heterocycles. The fourth-order valence-corrected chi connectivity index (χ4v) is 6.17. The summed E-state index contributed by atoms with van der Waals surface area (Å²) < 4.78 is 25.9. The minimum Gasteiger partial charge on any atom is -0.504 e. The van der Waals surface area contributed by atoms with Crippen LogP contribution in [0.5, 0.6) is 5.75 Å². The molecule has 2 aliphatic carbocycles. The average molecular weight is 448 g/mol. The molecule has 0 bridgehead atoms. The van der Waals surface area contributed by atoms with Crippen molar-refractivity contribution in [3.8, 4) is 5.75 Å². The molecule has 0 aliphatic heterocycles. The number of amides is 2. The van der Waals surface area contributed by atoms with Gasteiger partial charge in [-0.15, -0.1) is 0 Å². The van der Waals surface area contributed by atoms with Crippen molar-refractivity contribution in [3.63, 3.8) is 0 Å². The van der Waals surface area contributed by atoms with Crippen LogP contribution in [0.1, 0.15) is 25.7 Å². The maximum atomic E-state index is 13.0. The Morgan fingerprint density at radius 3 is 2.50 bits per heavy atom. The minimum absolute atomic E-state index is 0.0259. The summed E-state index contributed by atoms with van der Waals surface area (Å²) >= 11 is 12.1. The number of phenolic OH excluding ortho intramolecular Hbond substituents is 1. The number of allylic oxidation sites excluding steroid dienone is 1. The molecule has 0 radical (unpaired) electrons. The molecule has 3 N–H and O–H groups in total. The molecule has 1 fully saturated rings. The van der Waals surface area contributed by atoms with E-state index in [4.69, 9.17) is 23.2 Å². The van der Waals surface area contributed by atoms with E-state index < -0.39 is 26.9 Å². The summed E-state index contributed by atoms with van der Waals surface area (Å²) in [6.07, 6.45) is 4.23. The number of hydrogen-bond acceptors (Lipinski definition) is 5. The van der Waals surface area contributed by atoms with Gasteiger partial charge in [0.1, 0.15) is 4.90 Å². The number of sulfone groups is 1. The van der Waals surface area contributed by atoms with Crippen molar-refractivity contribution >= 4 is 44.8 Å². The standard InChI is InChI=1S/C18H23Cl2N3O4S/c1-23(2)10-8-11(9-10)28(26,27)17-13(20)6-7-15(16(17)24)22-18(25)21-14-5-3-4-12(14)19/h4,6-7,10-11,14,24H,3,5,8-9H2,1-2H3,(H2,21,22,25)/t10-,11-,14-/m1/s1. The summed E-state index contributed by atoms with van der Waals surface area (Å²) in [7, 11) is -0.0385. The largest absolute Gasteiger partial charge is 0.504 e. The molecule has 1 atom stereocenters. The van der Waals surface area contributed by atoms with Crippen LogP contribution in [0.25, 0.3) is 0 Å².